The smallest absolute Gasteiger partial charge is 0.252 e. The summed E-state index contributed by atoms with van der Waals surface area (Å²) in [6.07, 6.45) is 2.09. The number of aromatic nitrogens is 1. The Hall–Kier alpha value is -2.24. The third kappa shape index (κ3) is 5.16. The Bertz CT molecular complexity index is 1150. The number of hydrogen-bond acceptors (Lipinski definition) is 7. The first-order valence-corrected chi connectivity index (χ1v) is 12.3. The molecule has 1 saturated heterocycles. The van der Waals surface area contributed by atoms with E-state index < -0.39 is 10.0 Å². The molecular weight excluding hydrogens is 460 g/mol. The van der Waals surface area contributed by atoms with E-state index >= 15 is 0 Å². The second kappa shape index (κ2) is 9.49. The molecule has 0 unspecified atom stereocenters. The van der Waals surface area contributed by atoms with Crippen molar-refractivity contribution in [2.24, 2.45) is 0 Å². The number of hydrogen-bond donors (Lipinski definition) is 1. The Labute approximate surface area is 189 Å². The molecular formula is C20H21ClN4O4S2. The van der Waals surface area contributed by atoms with Crippen LogP contribution in [0.15, 0.2) is 57.5 Å². The van der Waals surface area contributed by atoms with Gasteiger partial charge in [-0.15, -0.1) is 11.3 Å². The van der Waals surface area contributed by atoms with E-state index in [9.17, 15) is 13.2 Å². The number of thiophene rings is 1. The van der Waals surface area contributed by atoms with Crippen molar-refractivity contribution >= 4 is 44.6 Å². The van der Waals surface area contributed by atoms with Gasteiger partial charge in [0, 0.05) is 25.7 Å². The SMILES string of the molecule is O=C(CN1CCCN(S(=O)(=O)c2ccc(-c3ccon3)s2)CC1)Nc1ccccc1Cl. The van der Waals surface area contributed by atoms with Crippen molar-refractivity contribution in [1.82, 2.24) is 14.4 Å². The van der Waals surface area contributed by atoms with Gasteiger partial charge in [-0.3, -0.25) is 9.69 Å². The summed E-state index contributed by atoms with van der Waals surface area (Å²) >= 11 is 7.26. The summed E-state index contributed by atoms with van der Waals surface area (Å²) in [5, 5.41) is 7.14. The molecule has 0 aliphatic carbocycles. The Morgan fingerprint density at radius 2 is 1.97 bits per heavy atom. The fraction of sp³-hybridized carbons (Fsp3) is 0.300. The van der Waals surface area contributed by atoms with Crippen LogP contribution in [0, 0.1) is 0 Å². The summed E-state index contributed by atoms with van der Waals surface area (Å²) in [7, 11) is -3.61. The Morgan fingerprint density at radius 3 is 2.74 bits per heavy atom. The molecule has 31 heavy (non-hydrogen) atoms. The Morgan fingerprint density at radius 1 is 1.13 bits per heavy atom. The first kappa shape index (κ1) is 22.0. The molecule has 0 saturated carbocycles. The maximum absolute atomic E-state index is 13.1. The van der Waals surface area contributed by atoms with E-state index in [1.165, 1.54) is 21.9 Å². The quantitative estimate of drug-likeness (QED) is 0.581. The van der Waals surface area contributed by atoms with Gasteiger partial charge in [0.15, 0.2) is 0 Å². The normalized spacial score (nSPS) is 16.2. The summed E-state index contributed by atoms with van der Waals surface area (Å²) in [5.74, 6) is -0.181. The fourth-order valence-corrected chi connectivity index (χ4v) is 6.44. The van der Waals surface area contributed by atoms with Gasteiger partial charge in [0.1, 0.15) is 16.2 Å². The molecule has 0 radical (unpaired) electrons. The van der Waals surface area contributed by atoms with E-state index in [1.807, 2.05) is 4.90 Å². The van der Waals surface area contributed by atoms with E-state index in [-0.39, 0.29) is 16.7 Å². The number of carbonyl (C=O) groups excluding carboxylic acids is 1. The number of carbonyl (C=O) groups is 1. The van der Waals surface area contributed by atoms with E-state index in [0.717, 1.165) is 4.88 Å². The van der Waals surface area contributed by atoms with Crippen molar-refractivity contribution in [2.75, 3.05) is 38.0 Å². The molecule has 1 aliphatic heterocycles. The number of anilines is 1. The number of nitrogens with zero attached hydrogens (tertiary/aromatic N) is 3. The van der Waals surface area contributed by atoms with E-state index in [2.05, 4.69) is 10.5 Å². The van der Waals surface area contributed by atoms with E-state index in [0.29, 0.717) is 49.0 Å². The van der Waals surface area contributed by atoms with Crippen LogP contribution < -0.4 is 5.32 Å². The third-order valence-corrected chi connectivity index (χ3v) is 8.73. The van der Waals surface area contributed by atoms with Crippen molar-refractivity contribution in [2.45, 2.75) is 10.6 Å². The lowest BCUT2D eigenvalue weighted by molar-refractivity contribution is -0.117. The summed E-state index contributed by atoms with van der Waals surface area (Å²) in [4.78, 5) is 15.1. The molecule has 11 heteroatoms. The molecule has 1 N–H and O–H groups in total. The van der Waals surface area contributed by atoms with Crippen LogP contribution in [0.25, 0.3) is 10.6 Å². The number of nitrogens with one attached hydrogen (secondary N) is 1. The predicted molar refractivity (Wildman–Crippen MR) is 120 cm³/mol. The van der Waals surface area contributed by atoms with Crippen LogP contribution in [-0.4, -0.2) is 61.4 Å². The van der Waals surface area contributed by atoms with Crippen molar-refractivity contribution < 1.29 is 17.7 Å². The average molecular weight is 481 g/mol. The first-order valence-electron chi connectivity index (χ1n) is 9.71. The molecule has 0 atom stereocenters. The molecule has 1 fully saturated rings. The lowest BCUT2D eigenvalue weighted by atomic mass is 10.3. The van der Waals surface area contributed by atoms with Gasteiger partial charge in [0.25, 0.3) is 10.0 Å². The van der Waals surface area contributed by atoms with Crippen LogP contribution in [-0.2, 0) is 14.8 Å². The number of halogens is 1. The Balaban J connectivity index is 1.37. The number of para-hydroxylation sites is 1. The van der Waals surface area contributed by atoms with Gasteiger partial charge in [-0.1, -0.05) is 28.9 Å². The minimum Gasteiger partial charge on any atom is -0.364 e. The average Bonchev–Trinajstić information content (AvgIpc) is 3.39. The standard InChI is InChI=1S/C20H21ClN4O4S2/c21-15-4-1-2-5-16(15)22-19(26)14-24-9-3-10-25(12-11-24)31(27,28)20-7-6-18(30-20)17-8-13-29-23-17/h1-2,4-8,13H,3,9-12,14H2,(H,22,26). The van der Waals surface area contributed by atoms with Gasteiger partial charge in [-0.2, -0.15) is 4.31 Å². The summed E-state index contributed by atoms with van der Waals surface area (Å²) in [5.41, 5.74) is 1.17. The number of rotatable bonds is 6. The van der Waals surface area contributed by atoms with Crippen molar-refractivity contribution in [3.8, 4) is 10.6 Å². The van der Waals surface area contributed by atoms with Crippen molar-refractivity contribution in [3.05, 3.63) is 53.8 Å². The molecule has 1 aromatic carbocycles. The largest absolute Gasteiger partial charge is 0.364 e. The monoisotopic (exact) mass is 480 g/mol. The molecule has 0 bridgehead atoms. The molecule has 164 valence electrons. The maximum atomic E-state index is 13.1. The van der Waals surface area contributed by atoms with Crippen LogP contribution in [0.2, 0.25) is 5.02 Å². The molecule has 3 aromatic rings. The zero-order valence-corrected chi connectivity index (χ0v) is 18.9. The van der Waals surface area contributed by atoms with Crippen LogP contribution in [0.5, 0.6) is 0 Å². The predicted octanol–water partition coefficient (Wildman–Crippen LogP) is 3.39. The van der Waals surface area contributed by atoms with Gasteiger partial charge < -0.3 is 9.84 Å². The van der Waals surface area contributed by atoms with Gasteiger partial charge >= 0.3 is 0 Å². The van der Waals surface area contributed by atoms with Gasteiger partial charge in [-0.05, 0) is 37.2 Å². The molecule has 1 amide bonds. The maximum Gasteiger partial charge on any atom is 0.252 e. The topological polar surface area (TPSA) is 95.8 Å². The fourth-order valence-electron chi connectivity index (χ4n) is 3.36. The summed E-state index contributed by atoms with van der Waals surface area (Å²) in [6.45, 7) is 2.00. The van der Waals surface area contributed by atoms with E-state index in [4.69, 9.17) is 16.1 Å². The molecule has 2 aromatic heterocycles. The van der Waals surface area contributed by atoms with Gasteiger partial charge in [-0.25, -0.2) is 8.42 Å². The second-order valence-electron chi connectivity index (χ2n) is 7.07. The zero-order valence-electron chi connectivity index (χ0n) is 16.5. The molecule has 4 rings (SSSR count). The minimum atomic E-state index is -3.61. The van der Waals surface area contributed by atoms with Gasteiger partial charge in [0.2, 0.25) is 5.91 Å². The van der Waals surface area contributed by atoms with Crippen LogP contribution in [0.1, 0.15) is 6.42 Å². The molecule has 8 nitrogen and oxygen atoms in total. The molecule has 0 spiro atoms. The number of benzene rings is 1. The molecule has 1 aliphatic rings. The highest BCUT2D eigenvalue weighted by molar-refractivity contribution is 7.91. The van der Waals surface area contributed by atoms with Crippen molar-refractivity contribution in [1.29, 1.82) is 0 Å². The van der Waals surface area contributed by atoms with Crippen LogP contribution in [0.4, 0.5) is 5.69 Å². The van der Waals surface area contributed by atoms with Crippen LogP contribution in [0.3, 0.4) is 0 Å². The lowest BCUT2D eigenvalue weighted by Crippen LogP contribution is -2.37. The summed E-state index contributed by atoms with van der Waals surface area (Å²) in [6, 6.07) is 12.1. The second-order valence-corrected chi connectivity index (χ2v) is 10.7. The summed E-state index contributed by atoms with van der Waals surface area (Å²) < 4.78 is 32.8. The highest BCUT2D eigenvalue weighted by atomic mass is 35.5. The molecule has 3 heterocycles. The number of amides is 1. The third-order valence-electron chi connectivity index (χ3n) is 4.93. The Kier molecular flexibility index (Phi) is 6.73. The van der Waals surface area contributed by atoms with E-state index in [1.54, 1.807) is 42.5 Å². The minimum absolute atomic E-state index is 0.175. The number of sulfonamides is 1. The highest BCUT2D eigenvalue weighted by Gasteiger charge is 2.29. The van der Waals surface area contributed by atoms with Gasteiger partial charge in [0.05, 0.1) is 22.1 Å². The zero-order chi connectivity index (χ0) is 21.8. The van der Waals surface area contributed by atoms with Crippen molar-refractivity contribution in [3.63, 3.8) is 0 Å². The lowest BCUT2D eigenvalue weighted by Gasteiger charge is -2.21. The van der Waals surface area contributed by atoms with Crippen LogP contribution >= 0.6 is 22.9 Å². The highest BCUT2D eigenvalue weighted by Crippen LogP contribution is 2.31. The first-order chi connectivity index (χ1) is 14.9.